The summed E-state index contributed by atoms with van der Waals surface area (Å²) in [5.74, 6) is 0.681. The summed E-state index contributed by atoms with van der Waals surface area (Å²) in [6.07, 6.45) is 0.914. The van der Waals surface area contributed by atoms with E-state index in [1.165, 1.54) is 5.56 Å². The standard InChI is InChI=1S/C16H14BrN2OP/c1-19-15(11-7-5-10(9-21)6-8-11)18-13-4-2-3-12(17)14(13)16(19)20/h2-8H,9,21H2,1H3. The number of hydrogen-bond donors (Lipinski definition) is 0. The average molecular weight is 361 g/mol. The Labute approximate surface area is 133 Å². The van der Waals surface area contributed by atoms with Crippen LogP contribution in [0.4, 0.5) is 0 Å². The molecule has 0 aliphatic rings. The summed E-state index contributed by atoms with van der Waals surface area (Å²) >= 11 is 3.43. The quantitative estimate of drug-likeness (QED) is 0.652. The maximum absolute atomic E-state index is 12.6. The molecule has 2 aromatic carbocycles. The van der Waals surface area contributed by atoms with Crippen LogP contribution in [0.1, 0.15) is 5.56 Å². The summed E-state index contributed by atoms with van der Waals surface area (Å²) in [4.78, 5) is 17.2. The zero-order chi connectivity index (χ0) is 15.0. The van der Waals surface area contributed by atoms with Crippen molar-refractivity contribution in [3.8, 4) is 11.4 Å². The lowest BCUT2D eigenvalue weighted by Crippen LogP contribution is -2.20. The summed E-state index contributed by atoms with van der Waals surface area (Å²) in [6, 6.07) is 13.7. The molecule has 0 fully saturated rings. The molecular weight excluding hydrogens is 347 g/mol. The fraction of sp³-hybridized carbons (Fsp3) is 0.125. The van der Waals surface area contributed by atoms with Crippen LogP contribution in [0.5, 0.6) is 0 Å². The summed E-state index contributed by atoms with van der Waals surface area (Å²) < 4.78 is 2.38. The number of rotatable bonds is 2. The van der Waals surface area contributed by atoms with E-state index in [9.17, 15) is 4.79 Å². The number of benzene rings is 2. The van der Waals surface area contributed by atoms with Gasteiger partial charge in [0.05, 0.1) is 10.9 Å². The van der Waals surface area contributed by atoms with Crippen molar-refractivity contribution >= 4 is 36.1 Å². The van der Waals surface area contributed by atoms with E-state index in [0.717, 1.165) is 16.2 Å². The van der Waals surface area contributed by atoms with Gasteiger partial charge in [-0.25, -0.2) is 4.98 Å². The van der Waals surface area contributed by atoms with Crippen molar-refractivity contribution in [2.45, 2.75) is 6.16 Å². The SMILES string of the molecule is Cn1c(-c2ccc(CP)cc2)nc2cccc(Br)c2c1=O. The van der Waals surface area contributed by atoms with Gasteiger partial charge in [-0.2, -0.15) is 0 Å². The topological polar surface area (TPSA) is 34.9 Å². The van der Waals surface area contributed by atoms with E-state index < -0.39 is 0 Å². The highest BCUT2D eigenvalue weighted by Crippen LogP contribution is 2.23. The summed E-state index contributed by atoms with van der Waals surface area (Å²) in [7, 11) is 4.46. The predicted molar refractivity (Wildman–Crippen MR) is 93.5 cm³/mol. The molecule has 0 radical (unpaired) electrons. The second-order valence-corrected chi connectivity index (χ2v) is 6.10. The van der Waals surface area contributed by atoms with E-state index in [4.69, 9.17) is 0 Å². The average Bonchev–Trinajstić information content (AvgIpc) is 2.51. The first-order valence-corrected chi connectivity index (χ1v) is 8.17. The molecule has 0 N–H and O–H groups in total. The van der Waals surface area contributed by atoms with Gasteiger partial charge in [-0.3, -0.25) is 9.36 Å². The predicted octanol–water partition coefficient (Wildman–Crippen LogP) is 3.74. The molecule has 106 valence electrons. The third kappa shape index (κ3) is 2.54. The lowest BCUT2D eigenvalue weighted by atomic mass is 10.1. The van der Waals surface area contributed by atoms with Crippen LogP contribution in [0.3, 0.4) is 0 Å². The Morgan fingerprint density at radius 1 is 1.19 bits per heavy atom. The highest BCUT2D eigenvalue weighted by molar-refractivity contribution is 9.10. The van der Waals surface area contributed by atoms with Crippen molar-refractivity contribution in [2.24, 2.45) is 7.05 Å². The van der Waals surface area contributed by atoms with Crippen molar-refractivity contribution in [2.75, 3.05) is 0 Å². The summed E-state index contributed by atoms with van der Waals surface area (Å²) in [5.41, 5.74) is 2.84. The normalized spacial score (nSPS) is 11.0. The minimum Gasteiger partial charge on any atom is -0.295 e. The minimum absolute atomic E-state index is 0.0439. The molecule has 0 amide bonds. The Balaban J connectivity index is 2.28. The zero-order valence-corrected chi connectivity index (χ0v) is 14.2. The molecule has 21 heavy (non-hydrogen) atoms. The third-order valence-electron chi connectivity index (χ3n) is 3.50. The summed E-state index contributed by atoms with van der Waals surface area (Å²) in [6.45, 7) is 0. The molecule has 0 saturated heterocycles. The number of aromatic nitrogens is 2. The van der Waals surface area contributed by atoms with E-state index in [-0.39, 0.29) is 5.56 Å². The molecule has 1 atom stereocenters. The van der Waals surface area contributed by atoms with Crippen molar-refractivity contribution in [1.29, 1.82) is 0 Å². The number of fused-ring (bicyclic) bond motifs is 1. The Kier molecular flexibility index (Phi) is 3.92. The van der Waals surface area contributed by atoms with Gasteiger partial charge in [0, 0.05) is 17.1 Å². The van der Waals surface area contributed by atoms with Crippen molar-refractivity contribution in [1.82, 2.24) is 9.55 Å². The van der Waals surface area contributed by atoms with Gasteiger partial charge in [-0.15, -0.1) is 9.24 Å². The van der Waals surface area contributed by atoms with Crippen LogP contribution in [-0.2, 0) is 13.2 Å². The van der Waals surface area contributed by atoms with Gasteiger partial charge in [0.25, 0.3) is 5.56 Å². The lowest BCUT2D eigenvalue weighted by molar-refractivity contribution is 0.855. The maximum Gasteiger partial charge on any atom is 0.262 e. The highest BCUT2D eigenvalue weighted by Gasteiger charge is 2.11. The van der Waals surface area contributed by atoms with Crippen LogP contribution in [0.15, 0.2) is 51.7 Å². The molecular formula is C16H14BrN2OP. The zero-order valence-electron chi connectivity index (χ0n) is 11.5. The second kappa shape index (κ2) is 5.70. The van der Waals surface area contributed by atoms with Crippen LogP contribution in [0.25, 0.3) is 22.3 Å². The fourth-order valence-electron chi connectivity index (χ4n) is 2.32. The molecule has 0 aliphatic carbocycles. The van der Waals surface area contributed by atoms with Crippen molar-refractivity contribution in [3.05, 3.63) is 62.9 Å². The first-order valence-electron chi connectivity index (χ1n) is 6.56. The second-order valence-electron chi connectivity index (χ2n) is 4.83. The molecule has 5 heteroatoms. The Morgan fingerprint density at radius 2 is 1.90 bits per heavy atom. The molecule has 3 rings (SSSR count). The molecule has 3 aromatic rings. The van der Waals surface area contributed by atoms with Crippen LogP contribution < -0.4 is 5.56 Å². The van der Waals surface area contributed by atoms with E-state index in [2.05, 4.69) is 42.3 Å². The molecule has 0 saturated carbocycles. The third-order valence-corrected chi connectivity index (χ3v) is 4.63. The van der Waals surface area contributed by atoms with Crippen LogP contribution >= 0.6 is 25.2 Å². The summed E-state index contributed by atoms with van der Waals surface area (Å²) in [5, 5.41) is 0.616. The van der Waals surface area contributed by atoms with Gasteiger partial charge in [-0.05, 0) is 39.8 Å². The van der Waals surface area contributed by atoms with Crippen LogP contribution in [0.2, 0.25) is 0 Å². The van der Waals surface area contributed by atoms with E-state index in [0.29, 0.717) is 16.7 Å². The molecule has 1 unspecified atom stereocenters. The first-order chi connectivity index (χ1) is 10.1. The van der Waals surface area contributed by atoms with Crippen molar-refractivity contribution < 1.29 is 0 Å². The molecule has 1 heterocycles. The van der Waals surface area contributed by atoms with Gasteiger partial charge in [0.2, 0.25) is 0 Å². The molecule has 0 spiro atoms. The number of halogens is 1. The number of nitrogens with zero attached hydrogens (tertiary/aromatic N) is 2. The van der Waals surface area contributed by atoms with E-state index in [1.807, 2.05) is 30.3 Å². The van der Waals surface area contributed by atoms with Gasteiger partial charge < -0.3 is 0 Å². The Morgan fingerprint density at radius 3 is 2.57 bits per heavy atom. The van der Waals surface area contributed by atoms with Gasteiger partial charge in [0.15, 0.2) is 0 Å². The van der Waals surface area contributed by atoms with Gasteiger partial charge >= 0.3 is 0 Å². The first kappa shape index (κ1) is 14.4. The lowest BCUT2D eigenvalue weighted by Gasteiger charge is -2.10. The van der Waals surface area contributed by atoms with Gasteiger partial charge in [0.1, 0.15) is 5.82 Å². The maximum atomic E-state index is 12.6. The van der Waals surface area contributed by atoms with Crippen LogP contribution in [0, 0.1) is 0 Å². The van der Waals surface area contributed by atoms with Gasteiger partial charge in [-0.1, -0.05) is 30.3 Å². The molecule has 0 aliphatic heterocycles. The van der Waals surface area contributed by atoms with Crippen LogP contribution in [-0.4, -0.2) is 9.55 Å². The largest absolute Gasteiger partial charge is 0.295 e. The molecule has 0 bridgehead atoms. The van der Waals surface area contributed by atoms with E-state index in [1.54, 1.807) is 11.6 Å². The monoisotopic (exact) mass is 360 g/mol. The molecule has 1 aromatic heterocycles. The molecule has 3 nitrogen and oxygen atoms in total. The van der Waals surface area contributed by atoms with E-state index >= 15 is 0 Å². The highest BCUT2D eigenvalue weighted by atomic mass is 79.9. The Bertz CT molecular complexity index is 872. The minimum atomic E-state index is -0.0439. The fourth-order valence-corrected chi connectivity index (χ4v) is 3.12. The smallest absolute Gasteiger partial charge is 0.262 e. The Hall–Kier alpha value is -1.51. The van der Waals surface area contributed by atoms with Crippen molar-refractivity contribution in [3.63, 3.8) is 0 Å². The number of hydrogen-bond acceptors (Lipinski definition) is 2.